The van der Waals surface area contributed by atoms with Gasteiger partial charge >= 0.3 is 5.69 Å². The van der Waals surface area contributed by atoms with Gasteiger partial charge in [-0.3, -0.25) is 9.59 Å². The summed E-state index contributed by atoms with van der Waals surface area (Å²) in [5, 5.41) is 6.02. The van der Waals surface area contributed by atoms with Crippen molar-refractivity contribution < 1.29 is 22.7 Å². The summed E-state index contributed by atoms with van der Waals surface area (Å²) < 4.78 is 48.1. The summed E-state index contributed by atoms with van der Waals surface area (Å²) >= 11 is 0. The molecule has 2 bridgehead atoms. The van der Waals surface area contributed by atoms with Crippen molar-refractivity contribution in [2.45, 2.75) is 49.9 Å². The number of ether oxygens (including phenoxy) is 1. The van der Waals surface area contributed by atoms with E-state index in [-0.39, 0.29) is 35.5 Å². The Labute approximate surface area is 203 Å². The second kappa shape index (κ2) is 9.21. The number of nitrogens with one attached hydrogen (secondary N) is 3. The number of halogens is 3. The van der Waals surface area contributed by atoms with E-state index in [9.17, 15) is 27.6 Å². The lowest BCUT2D eigenvalue weighted by Crippen LogP contribution is -2.56. The third-order valence-electron chi connectivity index (χ3n) is 7.06. The molecule has 5 rings (SSSR count). The molecular weight excluding hydrogens is 477 g/mol. The van der Waals surface area contributed by atoms with Crippen LogP contribution in [0.1, 0.15) is 43.8 Å². The van der Waals surface area contributed by atoms with Crippen LogP contribution >= 0.6 is 0 Å². The molecule has 2 saturated heterocycles. The van der Waals surface area contributed by atoms with Crippen molar-refractivity contribution in [3.8, 4) is 0 Å². The molecule has 1 amide bonds. The molecule has 3 aromatic rings. The first-order valence-electron chi connectivity index (χ1n) is 11.7. The zero-order chi connectivity index (χ0) is 25.6. The van der Waals surface area contributed by atoms with Crippen LogP contribution in [-0.2, 0) is 9.53 Å². The molecule has 1 aromatic heterocycles. The Morgan fingerprint density at radius 1 is 1.19 bits per heavy atom. The molecule has 8 nitrogen and oxygen atoms in total. The summed E-state index contributed by atoms with van der Waals surface area (Å²) in [5.41, 5.74) is -2.12. The predicted octanol–water partition coefficient (Wildman–Crippen LogP) is 2.44. The van der Waals surface area contributed by atoms with Crippen LogP contribution in [0.2, 0.25) is 0 Å². The van der Waals surface area contributed by atoms with Crippen molar-refractivity contribution in [3.63, 3.8) is 0 Å². The number of rotatable bonds is 6. The molecule has 2 fully saturated rings. The number of hydrogen-bond acceptors (Lipinski definition) is 5. The normalized spacial score (nSPS) is 22.9. The maximum atomic E-state index is 14.3. The molecule has 190 valence electrons. The molecule has 11 heteroatoms. The van der Waals surface area contributed by atoms with Crippen LogP contribution in [0, 0.1) is 17.5 Å². The van der Waals surface area contributed by atoms with E-state index in [1.807, 2.05) is 0 Å². The Balaban J connectivity index is 1.56. The SMILES string of the molecule is C[C@@H](NC(=O)[C@H](C[C@@]12CC[C@@H](COC1)N2)n1c(=O)[nH]c2ccc(F)cc2c1=O)c1ccc(F)cc1F. The van der Waals surface area contributed by atoms with Crippen LogP contribution < -0.4 is 21.9 Å². The van der Waals surface area contributed by atoms with Gasteiger partial charge in [0.05, 0.1) is 30.2 Å². The average Bonchev–Trinajstić information content (AvgIpc) is 3.11. The van der Waals surface area contributed by atoms with Crippen molar-refractivity contribution in [2.75, 3.05) is 13.2 Å². The lowest BCUT2D eigenvalue weighted by Gasteiger charge is -2.37. The van der Waals surface area contributed by atoms with Gasteiger partial charge < -0.3 is 20.4 Å². The minimum absolute atomic E-state index is 0.0394. The first-order valence-corrected chi connectivity index (χ1v) is 11.7. The number of aromatic nitrogens is 2. The number of H-pyrrole nitrogens is 1. The van der Waals surface area contributed by atoms with E-state index in [2.05, 4.69) is 15.6 Å². The highest BCUT2D eigenvalue weighted by Crippen LogP contribution is 2.35. The van der Waals surface area contributed by atoms with Crippen LogP contribution in [0.5, 0.6) is 0 Å². The summed E-state index contributed by atoms with van der Waals surface area (Å²) in [7, 11) is 0. The molecule has 3 heterocycles. The van der Waals surface area contributed by atoms with Gasteiger partial charge in [0.15, 0.2) is 0 Å². The van der Waals surface area contributed by atoms with E-state index >= 15 is 0 Å². The second-order valence-electron chi connectivity index (χ2n) is 9.59. The Morgan fingerprint density at radius 3 is 2.72 bits per heavy atom. The minimum Gasteiger partial charge on any atom is -0.378 e. The highest BCUT2D eigenvalue weighted by Gasteiger charge is 2.46. The quantitative estimate of drug-likeness (QED) is 0.480. The number of benzene rings is 2. The van der Waals surface area contributed by atoms with Crippen LogP contribution in [0.15, 0.2) is 46.0 Å². The third-order valence-corrected chi connectivity index (χ3v) is 7.06. The fraction of sp³-hybridized carbons (Fsp3) is 0.400. The first kappa shape index (κ1) is 24.3. The van der Waals surface area contributed by atoms with Gasteiger partial charge in [0.25, 0.3) is 5.56 Å². The van der Waals surface area contributed by atoms with Gasteiger partial charge in [-0.1, -0.05) is 6.07 Å². The molecule has 0 aliphatic carbocycles. The lowest BCUT2D eigenvalue weighted by atomic mass is 9.89. The first-order chi connectivity index (χ1) is 17.2. The minimum atomic E-state index is -1.31. The predicted molar refractivity (Wildman–Crippen MR) is 125 cm³/mol. The summed E-state index contributed by atoms with van der Waals surface area (Å²) in [6.45, 7) is 2.32. The fourth-order valence-corrected chi connectivity index (χ4v) is 5.28. The number of amides is 1. The average molecular weight is 502 g/mol. The van der Waals surface area contributed by atoms with Crippen molar-refractivity contribution in [2.24, 2.45) is 0 Å². The Hall–Kier alpha value is -3.44. The van der Waals surface area contributed by atoms with Crippen LogP contribution in [0.3, 0.4) is 0 Å². The Kier molecular flexibility index (Phi) is 6.21. The summed E-state index contributed by atoms with van der Waals surface area (Å²) in [6.07, 6.45) is 1.51. The van der Waals surface area contributed by atoms with E-state index in [0.29, 0.717) is 19.1 Å². The van der Waals surface area contributed by atoms with Crippen molar-refractivity contribution in [3.05, 3.63) is 80.3 Å². The van der Waals surface area contributed by atoms with Gasteiger partial charge in [-0.25, -0.2) is 22.5 Å². The van der Waals surface area contributed by atoms with Crippen molar-refractivity contribution in [1.29, 1.82) is 0 Å². The topological polar surface area (TPSA) is 105 Å². The standard InChI is InChI=1S/C25H25F3N4O4/c1-13(17-4-2-15(27)9-19(17)28)29-22(33)21(10-25-7-6-16(31-25)11-36-12-25)32-23(34)18-8-14(26)3-5-20(18)30-24(32)35/h2-5,8-9,13,16,21,31H,6-7,10-12H2,1H3,(H,29,33)(H,30,35)/t13-,16+,21+,25+/m1/s1. The van der Waals surface area contributed by atoms with Gasteiger partial charge in [-0.2, -0.15) is 0 Å². The summed E-state index contributed by atoms with van der Waals surface area (Å²) in [6, 6.07) is 4.30. The number of nitrogens with zero attached hydrogens (tertiary/aromatic N) is 1. The monoisotopic (exact) mass is 502 g/mol. The lowest BCUT2D eigenvalue weighted by molar-refractivity contribution is -0.126. The third kappa shape index (κ3) is 4.44. The van der Waals surface area contributed by atoms with Gasteiger partial charge in [0.1, 0.15) is 23.5 Å². The van der Waals surface area contributed by atoms with E-state index < -0.39 is 52.2 Å². The number of fused-ring (bicyclic) bond motifs is 3. The highest BCUT2D eigenvalue weighted by molar-refractivity contribution is 5.82. The van der Waals surface area contributed by atoms with E-state index in [0.717, 1.165) is 29.2 Å². The number of carbonyl (C=O) groups excluding carboxylic acids is 1. The largest absolute Gasteiger partial charge is 0.378 e. The Bertz CT molecular complexity index is 1450. The van der Waals surface area contributed by atoms with Gasteiger partial charge in [0.2, 0.25) is 5.91 Å². The van der Waals surface area contributed by atoms with Crippen LogP contribution in [0.25, 0.3) is 10.9 Å². The molecule has 0 radical (unpaired) electrons. The Morgan fingerprint density at radius 2 is 1.94 bits per heavy atom. The molecular formula is C25H25F3N4O4. The van der Waals surface area contributed by atoms with Crippen molar-refractivity contribution in [1.82, 2.24) is 20.2 Å². The van der Waals surface area contributed by atoms with Crippen LogP contribution in [-0.4, -0.2) is 40.3 Å². The molecule has 2 aliphatic rings. The molecule has 0 saturated carbocycles. The molecule has 3 N–H and O–H groups in total. The zero-order valence-electron chi connectivity index (χ0n) is 19.4. The number of aromatic amines is 1. The number of morpholine rings is 1. The second-order valence-corrected chi connectivity index (χ2v) is 9.59. The maximum absolute atomic E-state index is 14.3. The van der Waals surface area contributed by atoms with Gasteiger partial charge in [-0.15, -0.1) is 0 Å². The zero-order valence-corrected chi connectivity index (χ0v) is 19.4. The number of hydrogen-bond donors (Lipinski definition) is 3. The molecule has 0 spiro atoms. The molecule has 2 aromatic carbocycles. The van der Waals surface area contributed by atoms with Gasteiger partial charge in [-0.05, 0) is 50.5 Å². The number of carbonyl (C=O) groups is 1. The smallest absolute Gasteiger partial charge is 0.329 e. The fourth-order valence-electron chi connectivity index (χ4n) is 5.28. The summed E-state index contributed by atoms with van der Waals surface area (Å²) in [4.78, 5) is 42.6. The van der Waals surface area contributed by atoms with Crippen LogP contribution in [0.4, 0.5) is 13.2 Å². The maximum Gasteiger partial charge on any atom is 0.329 e. The van der Waals surface area contributed by atoms with E-state index in [1.54, 1.807) is 0 Å². The van der Waals surface area contributed by atoms with E-state index in [1.165, 1.54) is 19.1 Å². The van der Waals surface area contributed by atoms with Crippen molar-refractivity contribution >= 4 is 16.8 Å². The molecule has 2 aliphatic heterocycles. The summed E-state index contributed by atoms with van der Waals surface area (Å²) in [5.74, 6) is -2.97. The molecule has 0 unspecified atom stereocenters. The highest BCUT2D eigenvalue weighted by atomic mass is 19.1. The van der Waals surface area contributed by atoms with E-state index in [4.69, 9.17) is 4.74 Å². The van der Waals surface area contributed by atoms with Gasteiger partial charge in [0, 0.05) is 23.2 Å². The molecule has 4 atom stereocenters. The molecule has 36 heavy (non-hydrogen) atoms.